The van der Waals surface area contributed by atoms with E-state index in [1.54, 1.807) is 0 Å². The Balaban J connectivity index is 2.02. The van der Waals surface area contributed by atoms with Crippen LogP contribution in [-0.2, 0) is 0 Å². The molecule has 0 amide bonds. The average molecular weight is 251 g/mol. The standard InChI is InChI=1S/C13H25N5/c1-4-9-14-11(3)13-15-16-17-18(13)12-7-5-10(2)6-8-12/h10-12,14H,4-9H2,1-3H3. The highest BCUT2D eigenvalue weighted by atomic mass is 15.6. The molecular formula is C13H25N5. The van der Waals surface area contributed by atoms with Crippen LogP contribution < -0.4 is 5.32 Å². The molecule has 1 aromatic heterocycles. The molecule has 1 heterocycles. The summed E-state index contributed by atoms with van der Waals surface area (Å²) >= 11 is 0. The second-order valence-corrected chi connectivity index (χ2v) is 5.57. The Morgan fingerprint density at radius 3 is 2.72 bits per heavy atom. The van der Waals surface area contributed by atoms with Gasteiger partial charge in [-0.15, -0.1) is 5.10 Å². The van der Waals surface area contributed by atoms with Crippen molar-refractivity contribution in [2.75, 3.05) is 6.54 Å². The third-order valence-electron chi connectivity index (χ3n) is 3.94. The van der Waals surface area contributed by atoms with E-state index in [0.717, 1.165) is 24.7 Å². The smallest absolute Gasteiger partial charge is 0.168 e. The van der Waals surface area contributed by atoms with Crippen molar-refractivity contribution in [3.63, 3.8) is 0 Å². The van der Waals surface area contributed by atoms with E-state index in [1.165, 1.54) is 25.7 Å². The van der Waals surface area contributed by atoms with Crippen molar-refractivity contribution in [3.05, 3.63) is 5.82 Å². The fraction of sp³-hybridized carbons (Fsp3) is 0.923. The molecule has 1 saturated carbocycles. The molecule has 5 heteroatoms. The van der Waals surface area contributed by atoms with Gasteiger partial charge in [0.25, 0.3) is 0 Å². The van der Waals surface area contributed by atoms with Crippen molar-refractivity contribution in [2.45, 2.75) is 65.0 Å². The number of hydrogen-bond acceptors (Lipinski definition) is 4. The molecule has 0 aliphatic heterocycles. The largest absolute Gasteiger partial charge is 0.307 e. The van der Waals surface area contributed by atoms with Crippen LogP contribution in [0.4, 0.5) is 0 Å². The Bertz CT molecular complexity index is 354. The van der Waals surface area contributed by atoms with Crippen molar-refractivity contribution in [1.82, 2.24) is 25.5 Å². The molecule has 1 fully saturated rings. The maximum absolute atomic E-state index is 4.21. The van der Waals surface area contributed by atoms with E-state index in [9.17, 15) is 0 Å². The SMILES string of the molecule is CCCNC(C)c1nnnn1C1CCC(C)CC1. The van der Waals surface area contributed by atoms with Crippen LogP contribution in [0, 0.1) is 5.92 Å². The minimum absolute atomic E-state index is 0.235. The summed E-state index contributed by atoms with van der Waals surface area (Å²) in [5, 5.41) is 15.7. The van der Waals surface area contributed by atoms with E-state index in [0.29, 0.717) is 6.04 Å². The summed E-state index contributed by atoms with van der Waals surface area (Å²) in [5.41, 5.74) is 0. The van der Waals surface area contributed by atoms with Crippen molar-refractivity contribution in [3.8, 4) is 0 Å². The quantitative estimate of drug-likeness (QED) is 0.873. The monoisotopic (exact) mass is 251 g/mol. The van der Waals surface area contributed by atoms with Gasteiger partial charge in [0.15, 0.2) is 5.82 Å². The first-order valence-electron chi connectivity index (χ1n) is 7.23. The van der Waals surface area contributed by atoms with E-state index in [4.69, 9.17) is 0 Å². The Hall–Kier alpha value is -0.970. The van der Waals surface area contributed by atoms with Gasteiger partial charge in [0, 0.05) is 0 Å². The summed E-state index contributed by atoms with van der Waals surface area (Å²) in [6, 6.07) is 0.733. The summed E-state index contributed by atoms with van der Waals surface area (Å²) in [5.74, 6) is 1.85. The van der Waals surface area contributed by atoms with Crippen molar-refractivity contribution in [1.29, 1.82) is 0 Å². The molecule has 1 aliphatic carbocycles. The summed E-state index contributed by atoms with van der Waals surface area (Å²) < 4.78 is 2.05. The zero-order valence-electron chi connectivity index (χ0n) is 11.8. The van der Waals surface area contributed by atoms with Gasteiger partial charge in [-0.05, 0) is 61.9 Å². The van der Waals surface area contributed by atoms with Gasteiger partial charge in [0.1, 0.15) is 0 Å². The maximum atomic E-state index is 4.21. The Morgan fingerprint density at radius 1 is 1.33 bits per heavy atom. The number of tetrazole rings is 1. The lowest BCUT2D eigenvalue weighted by atomic mass is 9.87. The molecule has 1 atom stereocenters. The molecule has 0 bridgehead atoms. The molecule has 0 saturated heterocycles. The third kappa shape index (κ3) is 3.07. The van der Waals surface area contributed by atoms with E-state index in [1.807, 2.05) is 0 Å². The third-order valence-corrected chi connectivity index (χ3v) is 3.94. The van der Waals surface area contributed by atoms with Crippen LogP contribution in [0.1, 0.15) is 70.8 Å². The molecular weight excluding hydrogens is 226 g/mol. The summed E-state index contributed by atoms with van der Waals surface area (Å²) in [4.78, 5) is 0. The number of nitrogens with zero attached hydrogens (tertiary/aromatic N) is 4. The lowest BCUT2D eigenvalue weighted by molar-refractivity contribution is 0.261. The van der Waals surface area contributed by atoms with Gasteiger partial charge in [0.2, 0.25) is 0 Å². The molecule has 0 aromatic carbocycles. The molecule has 102 valence electrons. The van der Waals surface area contributed by atoms with Crippen LogP contribution in [0.3, 0.4) is 0 Å². The van der Waals surface area contributed by atoms with Gasteiger partial charge in [-0.25, -0.2) is 4.68 Å². The minimum Gasteiger partial charge on any atom is -0.307 e. The van der Waals surface area contributed by atoms with Gasteiger partial charge in [-0.3, -0.25) is 0 Å². The van der Waals surface area contributed by atoms with Crippen LogP contribution in [-0.4, -0.2) is 26.8 Å². The fourth-order valence-electron chi connectivity index (χ4n) is 2.68. The zero-order valence-corrected chi connectivity index (χ0v) is 11.8. The fourth-order valence-corrected chi connectivity index (χ4v) is 2.68. The first-order valence-corrected chi connectivity index (χ1v) is 7.23. The number of rotatable bonds is 5. The second-order valence-electron chi connectivity index (χ2n) is 5.57. The molecule has 1 unspecified atom stereocenters. The van der Waals surface area contributed by atoms with E-state index in [2.05, 4.69) is 46.3 Å². The molecule has 18 heavy (non-hydrogen) atoms. The summed E-state index contributed by atoms with van der Waals surface area (Å²) in [6.45, 7) is 7.66. The highest BCUT2D eigenvalue weighted by Gasteiger charge is 2.24. The first kappa shape index (κ1) is 13.5. The van der Waals surface area contributed by atoms with Crippen molar-refractivity contribution < 1.29 is 0 Å². The van der Waals surface area contributed by atoms with Gasteiger partial charge in [-0.2, -0.15) is 0 Å². The highest BCUT2D eigenvalue weighted by Crippen LogP contribution is 2.32. The first-order chi connectivity index (χ1) is 8.72. The predicted octanol–water partition coefficient (Wildman–Crippen LogP) is 2.48. The molecule has 0 spiro atoms. The molecule has 1 aromatic rings. The Labute approximate surface area is 109 Å². The second kappa shape index (κ2) is 6.27. The van der Waals surface area contributed by atoms with Gasteiger partial charge >= 0.3 is 0 Å². The van der Waals surface area contributed by atoms with E-state index >= 15 is 0 Å². The summed E-state index contributed by atoms with van der Waals surface area (Å²) in [6.07, 6.45) is 6.13. The predicted molar refractivity (Wildman–Crippen MR) is 71.2 cm³/mol. The van der Waals surface area contributed by atoms with Crippen molar-refractivity contribution >= 4 is 0 Å². The lowest BCUT2D eigenvalue weighted by Gasteiger charge is -2.27. The minimum atomic E-state index is 0.235. The van der Waals surface area contributed by atoms with E-state index < -0.39 is 0 Å². The zero-order chi connectivity index (χ0) is 13.0. The lowest BCUT2D eigenvalue weighted by Crippen LogP contribution is -2.26. The molecule has 0 radical (unpaired) electrons. The topological polar surface area (TPSA) is 55.6 Å². The summed E-state index contributed by atoms with van der Waals surface area (Å²) in [7, 11) is 0. The Kier molecular flexibility index (Phi) is 4.69. The number of hydrogen-bond donors (Lipinski definition) is 1. The van der Waals surface area contributed by atoms with Gasteiger partial charge in [-0.1, -0.05) is 13.8 Å². The van der Waals surface area contributed by atoms with Crippen LogP contribution in [0.25, 0.3) is 0 Å². The number of nitrogens with one attached hydrogen (secondary N) is 1. The highest BCUT2D eigenvalue weighted by molar-refractivity contribution is 4.93. The van der Waals surface area contributed by atoms with Gasteiger partial charge in [0.05, 0.1) is 12.1 Å². The van der Waals surface area contributed by atoms with E-state index in [-0.39, 0.29) is 6.04 Å². The Morgan fingerprint density at radius 2 is 2.06 bits per heavy atom. The van der Waals surface area contributed by atoms with Gasteiger partial charge < -0.3 is 5.32 Å². The normalized spacial score (nSPS) is 26.2. The van der Waals surface area contributed by atoms with Crippen molar-refractivity contribution in [2.24, 2.45) is 5.92 Å². The molecule has 1 aliphatic rings. The maximum Gasteiger partial charge on any atom is 0.168 e. The molecule has 2 rings (SSSR count). The number of aromatic nitrogens is 4. The van der Waals surface area contributed by atoms with Crippen LogP contribution in [0.5, 0.6) is 0 Å². The molecule has 1 N–H and O–H groups in total. The average Bonchev–Trinajstić information content (AvgIpc) is 2.86. The molecule has 5 nitrogen and oxygen atoms in total. The van der Waals surface area contributed by atoms with Crippen LogP contribution >= 0.6 is 0 Å². The van der Waals surface area contributed by atoms with Crippen LogP contribution in [0.2, 0.25) is 0 Å². The van der Waals surface area contributed by atoms with Crippen LogP contribution in [0.15, 0.2) is 0 Å².